The van der Waals surface area contributed by atoms with Gasteiger partial charge in [-0.2, -0.15) is 0 Å². The fourth-order valence-electron chi connectivity index (χ4n) is 3.44. The molecule has 1 aliphatic heterocycles. The Bertz CT molecular complexity index is 1000. The van der Waals surface area contributed by atoms with Gasteiger partial charge in [-0.15, -0.1) is 0 Å². The number of anilines is 1. The number of phenolic OH excluding ortho intramolecular Hbond substituents is 2. The second-order valence-corrected chi connectivity index (χ2v) is 7.10. The Morgan fingerprint density at radius 1 is 1.00 bits per heavy atom. The van der Waals surface area contributed by atoms with E-state index in [1.165, 1.54) is 6.07 Å². The number of fused-ring (bicyclic) bond motifs is 1. The van der Waals surface area contributed by atoms with Gasteiger partial charge in [0, 0.05) is 17.8 Å². The van der Waals surface area contributed by atoms with Gasteiger partial charge >= 0.3 is 0 Å². The summed E-state index contributed by atoms with van der Waals surface area (Å²) < 4.78 is 0. The topological polar surface area (TPSA) is 72.8 Å². The molecule has 0 aromatic heterocycles. The molecule has 3 N–H and O–H groups in total. The maximum absolute atomic E-state index is 13.2. The van der Waals surface area contributed by atoms with Crippen molar-refractivity contribution in [2.45, 2.75) is 12.6 Å². The van der Waals surface area contributed by atoms with Gasteiger partial charge in [0.2, 0.25) is 0 Å². The van der Waals surface area contributed by atoms with Gasteiger partial charge in [0.25, 0.3) is 5.91 Å². The highest BCUT2D eigenvalue weighted by Gasteiger charge is 2.33. The molecule has 1 aliphatic rings. The molecule has 5 nitrogen and oxygen atoms in total. The minimum absolute atomic E-state index is 0.0334. The van der Waals surface area contributed by atoms with E-state index in [1.54, 1.807) is 17.0 Å². The second kappa shape index (κ2) is 7.44. The average molecular weight is 395 g/mol. The van der Waals surface area contributed by atoms with E-state index in [-0.39, 0.29) is 22.4 Å². The van der Waals surface area contributed by atoms with Crippen molar-refractivity contribution < 1.29 is 15.0 Å². The number of hydrogen-bond acceptors (Lipinski definition) is 4. The molecule has 0 saturated heterocycles. The van der Waals surface area contributed by atoms with E-state index in [1.807, 2.05) is 48.5 Å². The Kier molecular flexibility index (Phi) is 4.84. The number of hydrogen-bond donors (Lipinski definition) is 3. The highest BCUT2D eigenvalue weighted by Crippen LogP contribution is 2.39. The van der Waals surface area contributed by atoms with Crippen LogP contribution in [-0.4, -0.2) is 27.6 Å². The molecule has 3 aromatic carbocycles. The molecule has 142 valence electrons. The fourth-order valence-corrected chi connectivity index (χ4v) is 3.67. The lowest BCUT2D eigenvalue weighted by molar-refractivity contribution is 0.0685. The number of carbonyl (C=O) groups excluding carboxylic acids is 1. The smallest absolute Gasteiger partial charge is 0.257 e. The number of phenols is 2. The molecule has 0 bridgehead atoms. The number of amides is 1. The van der Waals surface area contributed by atoms with Crippen LogP contribution in [-0.2, 0) is 6.42 Å². The first-order valence-corrected chi connectivity index (χ1v) is 9.34. The van der Waals surface area contributed by atoms with Gasteiger partial charge in [-0.05, 0) is 36.2 Å². The predicted molar refractivity (Wildman–Crippen MR) is 109 cm³/mol. The number of halogens is 1. The zero-order valence-corrected chi connectivity index (χ0v) is 15.7. The summed E-state index contributed by atoms with van der Waals surface area (Å²) in [6.07, 6.45) is 0.167. The molecule has 0 spiro atoms. The van der Waals surface area contributed by atoms with Crippen LogP contribution >= 0.6 is 11.6 Å². The van der Waals surface area contributed by atoms with E-state index in [9.17, 15) is 15.0 Å². The SMILES string of the molecule is O=C1c2ccccc2N[C@H](c2cc(O)c(O)c(Cl)c2)N1CCc1ccccc1. The number of carbonyl (C=O) groups is 1. The Balaban J connectivity index is 1.72. The van der Waals surface area contributed by atoms with Gasteiger partial charge in [0.1, 0.15) is 6.17 Å². The molecular weight excluding hydrogens is 376 g/mol. The molecule has 0 radical (unpaired) electrons. The standard InChI is InChI=1S/C22H19ClN2O3/c23-17-12-15(13-19(26)20(17)27)21-24-18-9-5-4-8-16(18)22(28)25(21)11-10-14-6-2-1-3-7-14/h1-9,12-13,21,24,26-27H,10-11H2/t21-/m0/s1. The van der Waals surface area contributed by atoms with Crippen LogP contribution in [0.25, 0.3) is 0 Å². The van der Waals surface area contributed by atoms with E-state index in [4.69, 9.17) is 11.6 Å². The third-order valence-corrected chi connectivity index (χ3v) is 5.18. The molecular formula is C22H19ClN2O3. The molecule has 6 heteroatoms. The van der Waals surface area contributed by atoms with Gasteiger partial charge in [-0.1, -0.05) is 54.1 Å². The second-order valence-electron chi connectivity index (χ2n) is 6.70. The summed E-state index contributed by atoms with van der Waals surface area (Å²) in [4.78, 5) is 14.9. The van der Waals surface area contributed by atoms with Crippen molar-refractivity contribution in [3.63, 3.8) is 0 Å². The Labute approximate surface area is 167 Å². The van der Waals surface area contributed by atoms with Crippen LogP contribution in [0, 0.1) is 0 Å². The van der Waals surface area contributed by atoms with E-state index >= 15 is 0 Å². The van der Waals surface area contributed by atoms with Crippen LogP contribution in [0.1, 0.15) is 27.7 Å². The summed E-state index contributed by atoms with van der Waals surface area (Å²) >= 11 is 6.05. The quantitative estimate of drug-likeness (QED) is 0.567. The monoisotopic (exact) mass is 394 g/mol. The van der Waals surface area contributed by atoms with Crippen LogP contribution in [0.15, 0.2) is 66.7 Å². The summed E-state index contributed by atoms with van der Waals surface area (Å²) in [5.41, 5.74) is 3.04. The minimum Gasteiger partial charge on any atom is -0.504 e. The zero-order valence-electron chi connectivity index (χ0n) is 15.0. The van der Waals surface area contributed by atoms with Crippen LogP contribution < -0.4 is 5.32 Å². The number of nitrogens with zero attached hydrogens (tertiary/aromatic N) is 1. The summed E-state index contributed by atoms with van der Waals surface area (Å²) in [6, 6.07) is 20.2. The van der Waals surface area contributed by atoms with Gasteiger partial charge in [-0.3, -0.25) is 4.79 Å². The van der Waals surface area contributed by atoms with Crippen LogP contribution in [0.3, 0.4) is 0 Å². The Morgan fingerprint density at radius 3 is 2.46 bits per heavy atom. The number of benzene rings is 3. The van der Waals surface area contributed by atoms with Gasteiger partial charge in [0.05, 0.1) is 10.6 Å². The lowest BCUT2D eigenvalue weighted by Gasteiger charge is -2.38. The first kappa shape index (κ1) is 18.2. The van der Waals surface area contributed by atoms with E-state index in [0.717, 1.165) is 11.3 Å². The van der Waals surface area contributed by atoms with Crippen molar-refractivity contribution >= 4 is 23.2 Å². The number of aromatic hydroxyl groups is 2. The first-order chi connectivity index (χ1) is 13.5. The third-order valence-electron chi connectivity index (χ3n) is 4.89. The van der Waals surface area contributed by atoms with Crippen molar-refractivity contribution in [2.75, 3.05) is 11.9 Å². The highest BCUT2D eigenvalue weighted by atomic mass is 35.5. The minimum atomic E-state index is -0.518. The Hall–Kier alpha value is -3.18. The van der Waals surface area contributed by atoms with Gasteiger partial charge in [-0.25, -0.2) is 0 Å². The van der Waals surface area contributed by atoms with E-state index in [2.05, 4.69) is 5.32 Å². The van der Waals surface area contributed by atoms with E-state index < -0.39 is 6.17 Å². The molecule has 0 aliphatic carbocycles. The first-order valence-electron chi connectivity index (χ1n) is 8.96. The van der Waals surface area contributed by atoms with Gasteiger partial charge in [0.15, 0.2) is 11.5 Å². The van der Waals surface area contributed by atoms with Crippen LogP contribution in [0.2, 0.25) is 5.02 Å². The van der Waals surface area contributed by atoms with Crippen LogP contribution in [0.4, 0.5) is 5.69 Å². The summed E-state index contributed by atoms with van der Waals surface area (Å²) in [7, 11) is 0. The van der Waals surface area contributed by atoms with Crippen molar-refractivity contribution in [1.29, 1.82) is 0 Å². The largest absolute Gasteiger partial charge is 0.504 e. The van der Waals surface area contributed by atoms with Crippen molar-refractivity contribution in [1.82, 2.24) is 4.90 Å². The molecule has 1 amide bonds. The molecule has 1 atom stereocenters. The highest BCUT2D eigenvalue weighted by molar-refractivity contribution is 6.32. The molecule has 28 heavy (non-hydrogen) atoms. The molecule has 0 unspecified atom stereocenters. The molecule has 3 aromatic rings. The average Bonchev–Trinajstić information content (AvgIpc) is 2.71. The van der Waals surface area contributed by atoms with Crippen molar-refractivity contribution in [3.05, 3.63) is 88.4 Å². The normalized spacial score (nSPS) is 15.8. The molecule has 0 fully saturated rings. The van der Waals surface area contributed by atoms with Gasteiger partial charge < -0.3 is 20.4 Å². The lowest BCUT2D eigenvalue weighted by atomic mass is 10.0. The molecule has 0 saturated carbocycles. The Morgan fingerprint density at radius 2 is 1.71 bits per heavy atom. The number of para-hydroxylation sites is 1. The van der Waals surface area contributed by atoms with Crippen molar-refractivity contribution in [2.24, 2.45) is 0 Å². The fraction of sp³-hybridized carbons (Fsp3) is 0.136. The number of rotatable bonds is 4. The number of nitrogens with one attached hydrogen (secondary N) is 1. The summed E-state index contributed by atoms with van der Waals surface area (Å²) in [5, 5.41) is 23.2. The maximum Gasteiger partial charge on any atom is 0.257 e. The molecule has 1 heterocycles. The predicted octanol–water partition coefficient (Wildman–Crippen LogP) is 4.56. The van der Waals surface area contributed by atoms with Crippen molar-refractivity contribution in [3.8, 4) is 11.5 Å². The molecule has 4 rings (SSSR count). The van der Waals surface area contributed by atoms with E-state index in [0.29, 0.717) is 24.1 Å². The summed E-state index contributed by atoms with van der Waals surface area (Å²) in [6.45, 7) is 0.480. The van der Waals surface area contributed by atoms with Crippen LogP contribution in [0.5, 0.6) is 11.5 Å². The zero-order chi connectivity index (χ0) is 19.7. The summed E-state index contributed by atoms with van der Waals surface area (Å²) in [5.74, 6) is -0.790. The third kappa shape index (κ3) is 3.37. The lowest BCUT2D eigenvalue weighted by Crippen LogP contribution is -2.44. The maximum atomic E-state index is 13.2.